The van der Waals surface area contributed by atoms with Crippen molar-refractivity contribution in [2.45, 2.75) is 52.6 Å². The van der Waals surface area contributed by atoms with Crippen molar-refractivity contribution >= 4 is 116 Å². The average molecular weight is 945 g/mol. The van der Waals surface area contributed by atoms with E-state index in [1.165, 1.54) is 50.2 Å². The molecule has 18 heteroatoms. The Morgan fingerprint density at radius 2 is 0.875 bits per heavy atom. The van der Waals surface area contributed by atoms with E-state index in [9.17, 15) is 28.8 Å². The number of carbonyl (C=O) groups is 6. The molecule has 0 saturated heterocycles. The fourth-order valence-electron chi connectivity index (χ4n) is 6.00. The van der Waals surface area contributed by atoms with Crippen LogP contribution < -0.4 is 21.3 Å². The van der Waals surface area contributed by atoms with Crippen molar-refractivity contribution in [3.8, 4) is 0 Å². The Morgan fingerprint density at radius 1 is 0.516 bits per heavy atom. The first-order chi connectivity index (χ1) is 30.6. The van der Waals surface area contributed by atoms with Crippen LogP contribution in [0.5, 0.6) is 0 Å². The first-order valence-corrected chi connectivity index (χ1v) is 21.5. The number of hydrogen-bond acceptors (Lipinski definition) is 10. The summed E-state index contributed by atoms with van der Waals surface area (Å²) in [5.41, 5.74) is 5.27. The molecule has 4 amide bonds. The smallest absolute Gasteiger partial charge is 0.258 e. The van der Waals surface area contributed by atoms with Gasteiger partial charge in [-0.3, -0.25) is 28.8 Å². The molecule has 2 atom stereocenters. The van der Waals surface area contributed by atoms with E-state index in [4.69, 9.17) is 46.4 Å². The van der Waals surface area contributed by atoms with Crippen molar-refractivity contribution in [2.24, 2.45) is 20.5 Å². The third-order valence-corrected chi connectivity index (χ3v) is 10.5. The monoisotopic (exact) mass is 942 g/mol. The van der Waals surface area contributed by atoms with E-state index >= 15 is 0 Å². The van der Waals surface area contributed by atoms with Crippen LogP contribution >= 0.6 is 46.4 Å². The maximum absolute atomic E-state index is 13.4. The minimum atomic E-state index is -1.55. The maximum atomic E-state index is 13.4. The molecule has 0 aliphatic rings. The largest absolute Gasteiger partial charge is 0.324 e. The van der Waals surface area contributed by atoms with Crippen molar-refractivity contribution in [3.63, 3.8) is 0 Å². The van der Waals surface area contributed by atoms with Crippen molar-refractivity contribution < 1.29 is 28.8 Å². The fraction of sp³-hybridized carbons (Fsp3) is 0.217. The van der Waals surface area contributed by atoms with Gasteiger partial charge in [0, 0.05) is 34.5 Å². The van der Waals surface area contributed by atoms with Gasteiger partial charge >= 0.3 is 0 Å². The van der Waals surface area contributed by atoms with E-state index < -0.39 is 47.3 Å². The molecule has 0 aliphatic carbocycles. The minimum Gasteiger partial charge on any atom is -0.324 e. The number of azo groups is 2. The van der Waals surface area contributed by atoms with Gasteiger partial charge in [-0.05, 0) is 136 Å². The van der Waals surface area contributed by atoms with Gasteiger partial charge < -0.3 is 21.3 Å². The number of ketones is 2. The summed E-state index contributed by atoms with van der Waals surface area (Å²) < 4.78 is 0. The van der Waals surface area contributed by atoms with Gasteiger partial charge in [-0.2, -0.15) is 20.5 Å². The number of anilines is 4. The number of carbonyl (C=O) groups excluding carboxylic acids is 6. The molecular weight excluding hydrogens is 902 g/mol. The van der Waals surface area contributed by atoms with Gasteiger partial charge in [0.2, 0.25) is 12.1 Å². The van der Waals surface area contributed by atoms with Gasteiger partial charge in [0.15, 0.2) is 11.6 Å². The molecule has 0 bridgehead atoms. The molecule has 2 unspecified atom stereocenters. The number of hydrogen-bond donors (Lipinski definition) is 4. The number of alkyl halides is 2. The van der Waals surface area contributed by atoms with E-state index in [0.717, 1.165) is 11.1 Å². The van der Waals surface area contributed by atoms with Crippen molar-refractivity contribution in [1.82, 2.24) is 0 Å². The third-order valence-electron chi connectivity index (χ3n) is 9.51. The predicted molar refractivity (Wildman–Crippen MR) is 252 cm³/mol. The molecule has 0 radical (unpaired) electrons. The molecule has 14 nitrogen and oxygen atoms in total. The zero-order chi connectivity index (χ0) is 46.5. The van der Waals surface area contributed by atoms with Crippen molar-refractivity contribution in [1.29, 1.82) is 0 Å². The van der Waals surface area contributed by atoms with Gasteiger partial charge in [0.05, 0.1) is 32.5 Å². The molecule has 0 aliphatic heterocycles. The molecular formula is C46H42Cl4N8O6. The van der Waals surface area contributed by atoms with Crippen LogP contribution in [0.15, 0.2) is 118 Å². The lowest BCUT2D eigenvalue weighted by atomic mass is 10.1. The van der Waals surface area contributed by atoms with Crippen LogP contribution in [0.3, 0.4) is 0 Å². The van der Waals surface area contributed by atoms with Crippen LogP contribution in [0.4, 0.5) is 34.1 Å². The normalized spacial score (nSPS) is 12.1. The molecule has 64 heavy (non-hydrogen) atoms. The Bertz CT molecular complexity index is 2460. The summed E-state index contributed by atoms with van der Waals surface area (Å²) in [7, 11) is 0. The lowest BCUT2D eigenvalue weighted by Gasteiger charge is -2.16. The molecule has 330 valence electrons. The number of nitrogens with one attached hydrogen (secondary N) is 4. The summed E-state index contributed by atoms with van der Waals surface area (Å²) in [6.07, 6.45) is 1.37. The number of amides is 4. The van der Waals surface area contributed by atoms with Gasteiger partial charge in [-0.1, -0.05) is 47.5 Å². The van der Waals surface area contributed by atoms with Crippen molar-refractivity contribution in [3.05, 3.63) is 140 Å². The topological polar surface area (TPSA) is 200 Å². The third kappa shape index (κ3) is 13.3. The summed E-state index contributed by atoms with van der Waals surface area (Å²) in [5, 5.41) is 27.4. The second kappa shape index (κ2) is 22.9. The van der Waals surface area contributed by atoms with Gasteiger partial charge in [0.25, 0.3) is 23.6 Å². The number of aryl methyl sites for hydroxylation is 4. The molecule has 0 saturated carbocycles. The van der Waals surface area contributed by atoms with Gasteiger partial charge in [-0.25, -0.2) is 0 Å². The highest BCUT2D eigenvalue weighted by molar-refractivity contribution is 6.35. The van der Waals surface area contributed by atoms with Crippen LogP contribution in [-0.4, -0.2) is 59.0 Å². The van der Waals surface area contributed by atoms with Crippen LogP contribution in [0, 0.1) is 13.8 Å². The highest BCUT2D eigenvalue weighted by Crippen LogP contribution is 2.28. The summed E-state index contributed by atoms with van der Waals surface area (Å²) in [5.74, 6) is -2.83. The van der Waals surface area contributed by atoms with E-state index in [0.29, 0.717) is 58.5 Å². The quantitative estimate of drug-likeness (QED) is 0.0382. The number of rotatable bonds is 18. The molecule has 0 aromatic heterocycles. The van der Waals surface area contributed by atoms with Crippen LogP contribution in [0.25, 0.3) is 0 Å². The number of benzene rings is 5. The molecule has 4 N–H and O–H groups in total. The van der Waals surface area contributed by atoms with Crippen LogP contribution in [0.2, 0.25) is 10.0 Å². The lowest BCUT2D eigenvalue weighted by molar-refractivity contribution is -0.127. The van der Waals surface area contributed by atoms with E-state index in [1.807, 2.05) is 24.3 Å². The molecule has 5 aromatic rings. The molecule has 5 rings (SSSR count). The Morgan fingerprint density at radius 3 is 1.20 bits per heavy atom. The Balaban J connectivity index is 1.24. The zero-order valence-electron chi connectivity index (χ0n) is 35.0. The maximum Gasteiger partial charge on any atom is 0.258 e. The Kier molecular flexibility index (Phi) is 17.4. The Hall–Kier alpha value is -6.32. The molecule has 5 aromatic carbocycles. The SMILES string of the molecule is CC(=O)C(N=Nc1ccc(Cl)c(C(=O)Nc2ccc(CCCl)cc2)c1)C(=O)Nc1cc(C)c(NC(=O)C(N=Nc2ccc(Cl)c(C(=O)Nc3ccc(CCCl)cc3)c2)C(C)=O)cc1C. The summed E-state index contributed by atoms with van der Waals surface area (Å²) in [6, 6.07) is 23.1. The molecule has 0 heterocycles. The van der Waals surface area contributed by atoms with Crippen molar-refractivity contribution in [2.75, 3.05) is 33.0 Å². The predicted octanol–water partition coefficient (Wildman–Crippen LogP) is 11.0. The van der Waals surface area contributed by atoms with Crippen LogP contribution in [-0.2, 0) is 32.0 Å². The van der Waals surface area contributed by atoms with Crippen LogP contribution in [0.1, 0.15) is 56.8 Å². The zero-order valence-corrected chi connectivity index (χ0v) is 38.0. The highest BCUT2D eigenvalue weighted by Gasteiger charge is 2.26. The van der Waals surface area contributed by atoms with E-state index in [-0.39, 0.29) is 32.5 Å². The van der Waals surface area contributed by atoms with E-state index in [2.05, 4.69) is 41.7 Å². The molecule has 0 fully saturated rings. The fourth-order valence-corrected chi connectivity index (χ4v) is 6.84. The number of nitrogens with zero attached hydrogens (tertiary/aromatic N) is 4. The lowest BCUT2D eigenvalue weighted by Crippen LogP contribution is -2.32. The summed E-state index contributed by atoms with van der Waals surface area (Å²) in [4.78, 5) is 78.2. The van der Waals surface area contributed by atoms with Gasteiger partial charge in [-0.15, -0.1) is 23.2 Å². The summed E-state index contributed by atoms with van der Waals surface area (Å²) in [6.45, 7) is 5.71. The first kappa shape index (κ1) is 48.7. The number of halogens is 4. The first-order valence-electron chi connectivity index (χ1n) is 19.6. The standard InChI is InChI=1S/C46H42Cl4N8O6/c1-25-21-40(54-46(64)42(28(4)60)58-56-34-14-16-38(50)36(24-34)44(62)52-32-11-7-30(8-12-32)18-20-48)26(2)22-39(25)53-45(63)41(27(3)59)57-55-33-13-15-37(49)35(23-33)43(61)51-31-9-5-29(6-10-31)17-19-47/h5-16,21-24,41-42H,17-20H2,1-4H3,(H,51,61)(H,52,62)(H,53,63)(H,54,64). The molecule has 0 spiro atoms. The summed E-state index contributed by atoms with van der Waals surface area (Å²) >= 11 is 24.3. The van der Waals surface area contributed by atoms with Gasteiger partial charge in [0.1, 0.15) is 0 Å². The Labute approximate surface area is 389 Å². The minimum absolute atomic E-state index is 0.0985. The average Bonchev–Trinajstić information content (AvgIpc) is 3.25. The second-order valence-electron chi connectivity index (χ2n) is 14.4. The highest BCUT2D eigenvalue weighted by atomic mass is 35.5. The second-order valence-corrected chi connectivity index (χ2v) is 16.0. The van der Waals surface area contributed by atoms with E-state index in [1.54, 1.807) is 50.2 Å². The number of Topliss-reactive ketones (excluding diaryl/α,β-unsaturated/α-hetero) is 2.